The highest BCUT2D eigenvalue weighted by Crippen LogP contribution is 2.36. The van der Waals surface area contributed by atoms with Crippen LogP contribution in [0.3, 0.4) is 0 Å². The van der Waals surface area contributed by atoms with E-state index in [1.54, 1.807) is 0 Å². The smallest absolute Gasteiger partial charge is 0.129 e. The van der Waals surface area contributed by atoms with E-state index < -0.39 is 0 Å². The van der Waals surface area contributed by atoms with Gasteiger partial charge in [0, 0.05) is 29.4 Å². The van der Waals surface area contributed by atoms with Crippen molar-refractivity contribution in [2.24, 2.45) is 0 Å². The van der Waals surface area contributed by atoms with E-state index in [1.165, 1.54) is 117 Å². The van der Waals surface area contributed by atoms with Crippen LogP contribution >= 0.6 is 0 Å². The van der Waals surface area contributed by atoms with Gasteiger partial charge in [-0.3, -0.25) is 0 Å². The third kappa shape index (κ3) is 9.92. The molecule has 222 valence electrons. The topological polar surface area (TPSA) is 17.4 Å². The second-order valence-corrected chi connectivity index (χ2v) is 12.0. The minimum Gasteiger partial charge on any atom is -0.492 e. The standard InChI is InChI=1S/C38H54N2O/c1-3-4-5-6-7-8-9-10-11-12-13-14-15-21-29-39(2)30-31-41-37-28-22-27-36-38(37)34-25-19-20-26-35(34)40(36)32-33-23-17-16-18-24-33/h16-20,22-28H,3-15,21,29-32H2,1-2H3. The number of aromatic nitrogens is 1. The summed E-state index contributed by atoms with van der Waals surface area (Å²) in [5.74, 6) is 0.996. The molecule has 1 heterocycles. The first-order valence-corrected chi connectivity index (χ1v) is 16.6. The third-order valence-corrected chi connectivity index (χ3v) is 8.57. The molecule has 0 radical (unpaired) electrons. The second kappa shape index (κ2) is 17.9. The van der Waals surface area contributed by atoms with Crippen LogP contribution in [0.15, 0.2) is 72.8 Å². The molecule has 0 bridgehead atoms. The van der Waals surface area contributed by atoms with E-state index >= 15 is 0 Å². The molecule has 0 spiro atoms. The number of likely N-dealkylation sites (N-methyl/N-ethyl adjacent to an activating group) is 1. The maximum atomic E-state index is 6.43. The Balaban J connectivity index is 1.14. The Morgan fingerprint density at radius 2 is 1.17 bits per heavy atom. The summed E-state index contributed by atoms with van der Waals surface area (Å²) < 4.78 is 8.86. The molecule has 0 aliphatic carbocycles. The van der Waals surface area contributed by atoms with Crippen molar-refractivity contribution in [3.63, 3.8) is 0 Å². The molecule has 0 saturated heterocycles. The van der Waals surface area contributed by atoms with Crippen LogP contribution in [-0.4, -0.2) is 36.2 Å². The average molecular weight is 555 g/mol. The molecule has 0 saturated carbocycles. The van der Waals surface area contributed by atoms with E-state index in [2.05, 4.69) is 96.2 Å². The van der Waals surface area contributed by atoms with Crippen molar-refractivity contribution >= 4 is 21.8 Å². The number of hydrogen-bond acceptors (Lipinski definition) is 2. The predicted octanol–water partition coefficient (Wildman–Crippen LogP) is 10.6. The van der Waals surface area contributed by atoms with Crippen LogP contribution in [0.5, 0.6) is 5.75 Å². The molecule has 0 unspecified atom stereocenters. The van der Waals surface area contributed by atoms with E-state index in [0.717, 1.165) is 25.4 Å². The zero-order chi connectivity index (χ0) is 28.5. The van der Waals surface area contributed by atoms with Crippen LogP contribution in [0.4, 0.5) is 0 Å². The Kier molecular flexibility index (Phi) is 13.6. The van der Waals surface area contributed by atoms with E-state index in [9.17, 15) is 0 Å². The van der Waals surface area contributed by atoms with Gasteiger partial charge in [0.05, 0.1) is 5.52 Å². The van der Waals surface area contributed by atoms with Crippen molar-refractivity contribution in [2.45, 2.75) is 103 Å². The van der Waals surface area contributed by atoms with Crippen molar-refractivity contribution < 1.29 is 4.74 Å². The van der Waals surface area contributed by atoms with Crippen LogP contribution in [0, 0.1) is 0 Å². The number of fused-ring (bicyclic) bond motifs is 3. The van der Waals surface area contributed by atoms with Gasteiger partial charge < -0.3 is 14.2 Å². The monoisotopic (exact) mass is 554 g/mol. The van der Waals surface area contributed by atoms with Gasteiger partial charge in [-0.25, -0.2) is 0 Å². The molecule has 0 N–H and O–H groups in total. The predicted molar refractivity (Wildman–Crippen MR) is 178 cm³/mol. The Bertz CT molecular complexity index is 1260. The van der Waals surface area contributed by atoms with E-state index in [1.807, 2.05) is 0 Å². The van der Waals surface area contributed by atoms with E-state index in [4.69, 9.17) is 4.74 Å². The number of para-hydroxylation sites is 1. The fourth-order valence-corrected chi connectivity index (χ4v) is 6.12. The molecule has 3 heteroatoms. The van der Waals surface area contributed by atoms with Crippen LogP contribution in [-0.2, 0) is 6.54 Å². The quantitative estimate of drug-likeness (QED) is 0.0953. The first kappa shape index (κ1) is 31.2. The number of rotatable bonds is 21. The molecule has 0 aliphatic rings. The molecule has 0 fully saturated rings. The third-order valence-electron chi connectivity index (χ3n) is 8.57. The van der Waals surface area contributed by atoms with Gasteiger partial charge in [0.25, 0.3) is 0 Å². The summed E-state index contributed by atoms with van der Waals surface area (Å²) in [4.78, 5) is 2.43. The minimum atomic E-state index is 0.715. The van der Waals surface area contributed by atoms with Crippen LogP contribution in [0.2, 0.25) is 0 Å². The lowest BCUT2D eigenvalue weighted by Gasteiger charge is -2.17. The van der Waals surface area contributed by atoms with Crippen molar-refractivity contribution in [2.75, 3.05) is 26.7 Å². The van der Waals surface area contributed by atoms with Crippen LogP contribution in [0.25, 0.3) is 21.8 Å². The zero-order valence-electron chi connectivity index (χ0n) is 26.0. The number of nitrogens with zero attached hydrogens (tertiary/aromatic N) is 2. The summed E-state index contributed by atoms with van der Waals surface area (Å²) in [6.45, 7) is 5.98. The molecule has 4 aromatic rings. The fourth-order valence-electron chi connectivity index (χ4n) is 6.12. The fraction of sp³-hybridized carbons (Fsp3) is 0.526. The molecule has 4 rings (SSSR count). The van der Waals surface area contributed by atoms with Gasteiger partial charge in [-0.2, -0.15) is 0 Å². The summed E-state index contributed by atoms with van der Waals surface area (Å²) in [6.07, 6.45) is 19.7. The second-order valence-electron chi connectivity index (χ2n) is 12.0. The summed E-state index contributed by atoms with van der Waals surface area (Å²) in [7, 11) is 2.23. The van der Waals surface area contributed by atoms with E-state index in [0.29, 0.717) is 6.61 Å². The Hall–Kier alpha value is -2.78. The number of benzene rings is 3. The number of hydrogen-bond donors (Lipinski definition) is 0. The maximum absolute atomic E-state index is 6.43. The van der Waals surface area contributed by atoms with Crippen molar-refractivity contribution in [1.29, 1.82) is 0 Å². The van der Waals surface area contributed by atoms with Crippen molar-refractivity contribution in [1.82, 2.24) is 9.47 Å². The first-order valence-electron chi connectivity index (χ1n) is 16.6. The zero-order valence-corrected chi connectivity index (χ0v) is 26.0. The maximum Gasteiger partial charge on any atom is 0.129 e. The van der Waals surface area contributed by atoms with Gasteiger partial charge in [0.2, 0.25) is 0 Å². The highest BCUT2D eigenvalue weighted by Gasteiger charge is 2.15. The highest BCUT2D eigenvalue weighted by atomic mass is 16.5. The van der Waals surface area contributed by atoms with Crippen LogP contribution < -0.4 is 4.74 Å². The molecule has 0 amide bonds. The molecule has 3 aromatic carbocycles. The number of ether oxygens (including phenoxy) is 1. The van der Waals surface area contributed by atoms with Gasteiger partial charge in [0.1, 0.15) is 12.4 Å². The normalized spacial score (nSPS) is 11.7. The van der Waals surface area contributed by atoms with Crippen molar-refractivity contribution in [3.05, 3.63) is 78.4 Å². The lowest BCUT2D eigenvalue weighted by Crippen LogP contribution is -2.25. The lowest BCUT2D eigenvalue weighted by atomic mass is 10.0. The van der Waals surface area contributed by atoms with Gasteiger partial charge in [-0.05, 0) is 43.8 Å². The Morgan fingerprint density at radius 1 is 0.585 bits per heavy atom. The largest absolute Gasteiger partial charge is 0.492 e. The van der Waals surface area contributed by atoms with Gasteiger partial charge >= 0.3 is 0 Å². The van der Waals surface area contributed by atoms with Gasteiger partial charge in [-0.15, -0.1) is 0 Å². The molecule has 1 aromatic heterocycles. The first-order chi connectivity index (χ1) is 20.3. The Labute approximate surface area is 249 Å². The lowest BCUT2D eigenvalue weighted by molar-refractivity contribution is 0.236. The van der Waals surface area contributed by atoms with Gasteiger partial charge in [0.15, 0.2) is 0 Å². The number of unbranched alkanes of at least 4 members (excludes halogenated alkanes) is 13. The average Bonchev–Trinajstić information content (AvgIpc) is 3.32. The molecular formula is C38H54N2O. The van der Waals surface area contributed by atoms with Gasteiger partial charge in [-0.1, -0.05) is 145 Å². The summed E-state index contributed by atoms with van der Waals surface area (Å²) in [5, 5.41) is 2.50. The van der Waals surface area contributed by atoms with Crippen LogP contribution in [0.1, 0.15) is 102 Å². The Morgan fingerprint density at radius 3 is 1.85 bits per heavy atom. The van der Waals surface area contributed by atoms with E-state index in [-0.39, 0.29) is 0 Å². The summed E-state index contributed by atoms with van der Waals surface area (Å²) in [5.41, 5.74) is 3.81. The van der Waals surface area contributed by atoms with Crippen molar-refractivity contribution in [3.8, 4) is 5.75 Å². The molecule has 0 aliphatic heterocycles. The minimum absolute atomic E-state index is 0.715. The molecule has 41 heavy (non-hydrogen) atoms. The summed E-state index contributed by atoms with van der Waals surface area (Å²) in [6, 6.07) is 25.9. The summed E-state index contributed by atoms with van der Waals surface area (Å²) >= 11 is 0. The molecular weight excluding hydrogens is 500 g/mol. The molecule has 0 atom stereocenters. The SMILES string of the molecule is CCCCCCCCCCCCCCCCN(C)CCOc1cccc2c1c1ccccc1n2Cc1ccccc1. The highest BCUT2D eigenvalue weighted by molar-refractivity contribution is 6.11. The molecule has 3 nitrogen and oxygen atoms in total.